The summed E-state index contributed by atoms with van der Waals surface area (Å²) < 4.78 is 14.9. The third kappa shape index (κ3) is 25.2. The first-order valence-electron chi connectivity index (χ1n) is 9.47. The van der Waals surface area contributed by atoms with E-state index in [9.17, 15) is 0 Å². The topological polar surface area (TPSA) is 0 Å². The molecule has 0 unspecified atom stereocenters. The van der Waals surface area contributed by atoms with Gasteiger partial charge in [0.1, 0.15) is 0 Å². The molecule has 0 nitrogen and oxygen atoms in total. The Morgan fingerprint density at radius 1 is 0.611 bits per heavy atom. The highest BCUT2D eigenvalue weighted by molar-refractivity contribution is 6.33. The summed E-state index contributed by atoms with van der Waals surface area (Å²) in [6.07, 6.45) is 16.1. The highest BCUT2D eigenvalue weighted by atomic mass is 28.2. The maximum atomic E-state index is 7.45. The summed E-state index contributed by atoms with van der Waals surface area (Å²) in [7, 11) is -2.23. The average Bonchev–Trinajstić information content (AvgIpc) is 2.38. The van der Waals surface area contributed by atoms with Crippen molar-refractivity contribution in [1.82, 2.24) is 0 Å². The first-order chi connectivity index (χ1) is 9.47. The lowest BCUT2D eigenvalue weighted by Gasteiger charge is -1.97. The summed E-state index contributed by atoms with van der Waals surface area (Å²) in [5.41, 5.74) is 0. The van der Waals surface area contributed by atoms with Crippen molar-refractivity contribution < 1.29 is 0 Å². The molecule has 0 aromatic carbocycles. The van der Waals surface area contributed by atoms with E-state index in [2.05, 4.69) is 20.8 Å². The smallest absolute Gasteiger partial charge is 0.0166 e. The Hall–Kier alpha value is 0.217. The third-order valence-electron chi connectivity index (χ3n) is 3.24. The fraction of sp³-hybridized carbons (Fsp3) is 1.00. The summed E-state index contributed by atoms with van der Waals surface area (Å²) in [6.45, 7) is 8.54. The van der Waals surface area contributed by atoms with Crippen molar-refractivity contribution in [2.45, 2.75) is 110 Å². The molecule has 0 rings (SSSR count). The van der Waals surface area contributed by atoms with E-state index in [1.165, 1.54) is 70.6 Å². The van der Waals surface area contributed by atoms with Crippen LogP contribution in [0.4, 0.5) is 0 Å². The summed E-state index contributed by atoms with van der Waals surface area (Å²) in [5, 5.41) is 0. The molecule has 0 spiro atoms. The maximum absolute atomic E-state index is 7.45. The normalized spacial score (nSPS) is 12.4. The predicted octanol–water partition coefficient (Wildman–Crippen LogP) is 6.35. The van der Waals surface area contributed by atoms with Gasteiger partial charge in [-0.15, -0.1) is 0 Å². The van der Waals surface area contributed by atoms with Crippen LogP contribution in [0.25, 0.3) is 0 Å². The van der Waals surface area contributed by atoms with Crippen LogP contribution in [0, 0.1) is 0 Å². The molecule has 0 amide bonds. The van der Waals surface area contributed by atoms with Gasteiger partial charge in [-0.25, -0.2) is 0 Å². The van der Waals surface area contributed by atoms with Crippen molar-refractivity contribution in [3.63, 3.8) is 0 Å². The molecule has 0 N–H and O–H groups in total. The molecule has 18 heavy (non-hydrogen) atoms. The molecule has 0 aromatic rings. The van der Waals surface area contributed by atoms with E-state index in [-0.39, 0.29) is 0 Å². The first kappa shape index (κ1) is 16.3. The van der Waals surface area contributed by atoms with Crippen molar-refractivity contribution in [2.75, 3.05) is 0 Å². The zero-order chi connectivity index (χ0) is 15.7. The largest absolute Gasteiger partial charge is 0.0748 e. The van der Waals surface area contributed by atoms with Crippen molar-refractivity contribution in [3.8, 4) is 0 Å². The molecule has 0 saturated carbocycles. The summed E-state index contributed by atoms with van der Waals surface area (Å²) in [5.74, 6) is 0. The molecule has 0 fully saturated rings. The van der Waals surface area contributed by atoms with Crippen LogP contribution in [-0.2, 0) is 0 Å². The van der Waals surface area contributed by atoms with Crippen molar-refractivity contribution in [3.05, 3.63) is 0 Å². The molecule has 0 aliphatic carbocycles. The number of unbranched alkanes of at least 4 members (excludes halogenated alkanes) is 10. The quantitative estimate of drug-likeness (QED) is 0.288. The number of rotatable bonds is 12. The highest BCUT2D eigenvalue weighted by Crippen LogP contribution is 2.06. The molecular weight excluding hydrogens is 232 g/mol. The van der Waals surface area contributed by atoms with Crippen molar-refractivity contribution >= 4 is 9.38 Å². The van der Waals surface area contributed by atoms with Crippen LogP contribution in [0.3, 0.4) is 0 Å². The highest BCUT2D eigenvalue weighted by Gasteiger charge is 1.87. The van der Waals surface area contributed by atoms with E-state index < -0.39 is 9.38 Å². The second-order valence-corrected chi connectivity index (χ2v) is 6.49. The van der Waals surface area contributed by atoms with Gasteiger partial charge in [-0.1, -0.05) is 110 Å². The van der Waals surface area contributed by atoms with Crippen LogP contribution in [0.1, 0.15) is 97.8 Å². The minimum Gasteiger partial charge on any atom is -0.0748 e. The van der Waals surface area contributed by atoms with Gasteiger partial charge in [0.15, 0.2) is 0 Å². The van der Waals surface area contributed by atoms with E-state index in [1.54, 1.807) is 6.55 Å². The van der Waals surface area contributed by atoms with E-state index in [0.717, 1.165) is 12.5 Å². The molecule has 0 radical (unpaired) electrons. The second kappa shape index (κ2) is 22.4. The zero-order valence-electron chi connectivity index (χ0n) is 15.7. The van der Waals surface area contributed by atoms with Gasteiger partial charge in [0.2, 0.25) is 0 Å². The molecule has 112 valence electrons. The van der Waals surface area contributed by atoms with Crippen LogP contribution in [-0.4, -0.2) is 11.9 Å². The third-order valence-corrected chi connectivity index (χ3v) is 4.09. The van der Waals surface area contributed by atoms with Crippen LogP contribution in [0.5, 0.6) is 0 Å². The van der Waals surface area contributed by atoms with Gasteiger partial charge >= 0.3 is 0 Å². The molecule has 0 heterocycles. The van der Waals surface area contributed by atoms with E-state index in [4.69, 9.17) is 2.47 Å². The maximum Gasteiger partial charge on any atom is 0.0166 e. The average molecular weight is 277 g/mol. The zero-order valence-corrected chi connectivity index (χ0v) is 14.7. The minimum atomic E-state index is -2.23. The standard InChI is InChI=1S/C9H22Si.C8H18/c1-3-4-5-6-7-8-9-10-2;1-3-5-7-8-6-4-2/h3-10H2,1-2H3;3-8H2,1-2H3/i10T2;. The van der Waals surface area contributed by atoms with Gasteiger partial charge in [-0.3, -0.25) is 0 Å². The Balaban J connectivity index is 0. The van der Waals surface area contributed by atoms with Crippen molar-refractivity contribution in [1.29, 1.82) is 2.47 Å². The lowest BCUT2D eigenvalue weighted by atomic mass is 10.1. The van der Waals surface area contributed by atoms with Crippen LogP contribution >= 0.6 is 0 Å². The molecule has 0 aliphatic heterocycles. The fourth-order valence-corrected chi connectivity index (χ4v) is 2.54. The molecule has 0 aromatic heterocycles. The monoisotopic (exact) mass is 276 g/mol. The molecule has 0 aliphatic rings. The Morgan fingerprint density at radius 3 is 1.28 bits per heavy atom. The Labute approximate surface area is 123 Å². The predicted molar refractivity (Wildman–Crippen MR) is 91.6 cm³/mol. The first-order valence-corrected chi connectivity index (χ1v) is 10.2. The molecule has 1 heteroatoms. The SMILES string of the molecule is CCCCCCCC.[3H][Si]([3H])(C)CCCCCCCC. The van der Waals surface area contributed by atoms with Gasteiger partial charge in [0, 0.05) is 11.9 Å². The van der Waals surface area contributed by atoms with E-state index in [1.807, 2.05) is 0 Å². The van der Waals surface area contributed by atoms with Gasteiger partial charge in [0.25, 0.3) is 0 Å². The number of hydrogen-bond donors (Lipinski definition) is 0. The van der Waals surface area contributed by atoms with Crippen LogP contribution in [0.2, 0.25) is 12.6 Å². The van der Waals surface area contributed by atoms with Crippen LogP contribution in [0.15, 0.2) is 0 Å². The number of hydrogen-bond acceptors (Lipinski definition) is 0. The molecular formula is C17H40Si. The van der Waals surface area contributed by atoms with Gasteiger partial charge in [-0.05, 0) is 0 Å². The van der Waals surface area contributed by atoms with Crippen LogP contribution < -0.4 is 0 Å². The summed E-state index contributed by atoms with van der Waals surface area (Å²) in [4.78, 5) is 0. The van der Waals surface area contributed by atoms with Gasteiger partial charge in [0.05, 0.1) is 0 Å². The second-order valence-electron chi connectivity index (χ2n) is 5.29. The van der Waals surface area contributed by atoms with Crippen molar-refractivity contribution in [2.24, 2.45) is 0 Å². The Morgan fingerprint density at radius 2 is 0.944 bits per heavy atom. The lowest BCUT2D eigenvalue weighted by Crippen LogP contribution is -1.82. The van der Waals surface area contributed by atoms with E-state index >= 15 is 0 Å². The van der Waals surface area contributed by atoms with Gasteiger partial charge in [-0.2, -0.15) is 0 Å². The van der Waals surface area contributed by atoms with E-state index in [0.29, 0.717) is 0 Å². The lowest BCUT2D eigenvalue weighted by molar-refractivity contribution is 0.624. The molecule has 0 bridgehead atoms. The summed E-state index contributed by atoms with van der Waals surface area (Å²) >= 11 is 0. The fourth-order valence-electron chi connectivity index (χ4n) is 1.94. The summed E-state index contributed by atoms with van der Waals surface area (Å²) in [6, 6.07) is 0.860. The molecule has 0 saturated heterocycles. The minimum absolute atomic E-state index is 0.860. The molecule has 0 atom stereocenters. The Kier molecular flexibility index (Phi) is 20.3. The Bertz CT molecular complexity index is 161. The van der Waals surface area contributed by atoms with Gasteiger partial charge < -0.3 is 0 Å².